The van der Waals surface area contributed by atoms with Crippen LogP contribution >= 0.6 is 0 Å². The second-order valence-electron chi connectivity index (χ2n) is 8.85. The van der Waals surface area contributed by atoms with Gasteiger partial charge in [0.15, 0.2) is 0 Å². The van der Waals surface area contributed by atoms with Crippen LogP contribution in [0.1, 0.15) is 24.0 Å². The van der Waals surface area contributed by atoms with Gasteiger partial charge in [-0.05, 0) is 60.4 Å². The van der Waals surface area contributed by atoms with Gasteiger partial charge in [-0.15, -0.1) is 0 Å². The third-order valence-electron chi connectivity index (χ3n) is 6.52. The van der Waals surface area contributed by atoms with Crippen LogP contribution in [0, 0.1) is 11.3 Å². The van der Waals surface area contributed by atoms with Gasteiger partial charge < -0.3 is 10.3 Å². The molecular formula is C26H22F3N5O2S. The minimum absolute atomic E-state index is 0.0975. The van der Waals surface area contributed by atoms with Crippen LogP contribution in [-0.2, 0) is 16.2 Å². The molecule has 4 aromatic rings. The van der Waals surface area contributed by atoms with E-state index in [9.17, 15) is 26.9 Å². The highest BCUT2D eigenvalue weighted by molar-refractivity contribution is 7.89. The number of hydrogen-bond acceptors (Lipinski definition) is 5. The lowest BCUT2D eigenvalue weighted by molar-refractivity contribution is -0.137. The number of rotatable bonds is 5. The molecule has 0 spiro atoms. The monoisotopic (exact) mass is 525 g/mol. The molecule has 0 unspecified atom stereocenters. The number of anilines is 1. The van der Waals surface area contributed by atoms with Crippen LogP contribution < -0.4 is 5.32 Å². The van der Waals surface area contributed by atoms with E-state index in [1.165, 1.54) is 10.4 Å². The summed E-state index contributed by atoms with van der Waals surface area (Å²) in [6, 6.07) is 16.6. The minimum Gasteiger partial charge on any atom is -0.367 e. The van der Waals surface area contributed by atoms with Gasteiger partial charge in [-0.1, -0.05) is 18.2 Å². The highest BCUT2D eigenvalue weighted by Crippen LogP contribution is 2.30. The summed E-state index contributed by atoms with van der Waals surface area (Å²) in [4.78, 5) is 7.07. The summed E-state index contributed by atoms with van der Waals surface area (Å²) in [5.41, 5.74) is 2.28. The van der Waals surface area contributed by atoms with Gasteiger partial charge in [0.2, 0.25) is 10.0 Å². The number of nitrogens with zero attached hydrogens (tertiary/aromatic N) is 3. The number of sulfonamides is 1. The average molecular weight is 526 g/mol. The molecule has 0 radical (unpaired) electrons. The number of hydrogen-bond donors (Lipinski definition) is 2. The van der Waals surface area contributed by atoms with Crippen molar-refractivity contribution in [1.82, 2.24) is 14.3 Å². The zero-order valence-electron chi connectivity index (χ0n) is 19.5. The minimum atomic E-state index is -4.44. The molecule has 190 valence electrons. The van der Waals surface area contributed by atoms with Crippen LogP contribution in [0.4, 0.5) is 19.0 Å². The maximum atomic E-state index is 13.2. The molecule has 0 saturated carbocycles. The number of aromatic nitrogens is 2. The number of aromatic amines is 1. The fraction of sp³-hybridized carbons (Fsp3) is 0.231. The number of H-pyrrole nitrogens is 1. The molecule has 37 heavy (non-hydrogen) atoms. The fourth-order valence-electron chi connectivity index (χ4n) is 4.46. The summed E-state index contributed by atoms with van der Waals surface area (Å²) in [7, 11) is -3.70. The summed E-state index contributed by atoms with van der Waals surface area (Å²) in [5, 5.41) is 13.2. The van der Waals surface area contributed by atoms with Crippen molar-refractivity contribution >= 4 is 26.7 Å². The van der Waals surface area contributed by atoms with Gasteiger partial charge in [-0.2, -0.15) is 22.7 Å². The predicted molar refractivity (Wildman–Crippen MR) is 133 cm³/mol. The standard InChI is InChI=1S/C26H22F3N5O2S/c27-26(28,29)20-4-8-25(32-16-20)33-21-9-11-34(12-10-21)37(35,36)22-5-1-17(2-6-22)18-3-7-24-23(13-18)19(14-30)15-31-24/h1-8,13,15-16,21,31H,9-12H2,(H,32,33). The summed E-state index contributed by atoms with van der Waals surface area (Å²) in [6.45, 7) is 0.562. The van der Waals surface area contributed by atoms with E-state index in [-0.39, 0.29) is 24.0 Å². The van der Waals surface area contributed by atoms with Crippen LogP contribution in [-0.4, -0.2) is 41.8 Å². The normalized spacial score (nSPS) is 15.5. The number of benzene rings is 2. The largest absolute Gasteiger partial charge is 0.417 e. The zero-order valence-corrected chi connectivity index (χ0v) is 20.3. The lowest BCUT2D eigenvalue weighted by Gasteiger charge is -2.32. The van der Waals surface area contributed by atoms with E-state index in [1.807, 2.05) is 18.2 Å². The molecule has 7 nitrogen and oxygen atoms in total. The first kappa shape index (κ1) is 24.8. The molecule has 2 aromatic carbocycles. The summed E-state index contributed by atoms with van der Waals surface area (Å²) < 4.78 is 66.0. The van der Waals surface area contributed by atoms with Crippen molar-refractivity contribution in [3.8, 4) is 17.2 Å². The molecular weight excluding hydrogens is 503 g/mol. The first-order valence-corrected chi connectivity index (χ1v) is 13.0. The molecule has 0 aliphatic carbocycles. The molecule has 11 heteroatoms. The summed E-state index contributed by atoms with van der Waals surface area (Å²) >= 11 is 0. The molecule has 0 bridgehead atoms. The Balaban J connectivity index is 1.24. The van der Waals surface area contributed by atoms with E-state index in [1.54, 1.807) is 30.5 Å². The Morgan fingerprint density at radius 1 is 1.03 bits per heavy atom. The van der Waals surface area contributed by atoms with Gasteiger partial charge in [0.05, 0.1) is 16.0 Å². The van der Waals surface area contributed by atoms with Crippen LogP contribution in [0.25, 0.3) is 22.0 Å². The van der Waals surface area contributed by atoms with E-state index in [0.717, 1.165) is 34.3 Å². The molecule has 1 aliphatic rings. The summed E-state index contributed by atoms with van der Waals surface area (Å²) in [6.07, 6.45) is -1.01. The quantitative estimate of drug-likeness (QED) is 0.364. The Morgan fingerprint density at radius 3 is 2.35 bits per heavy atom. The van der Waals surface area contributed by atoms with Crippen LogP contribution in [0.15, 0.2) is 71.9 Å². The number of fused-ring (bicyclic) bond motifs is 1. The molecule has 1 fully saturated rings. The van der Waals surface area contributed by atoms with Gasteiger partial charge in [0, 0.05) is 42.4 Å². The Bertz CT molecular complexity index is 1570. The van der Waals surface area contributed by atoms with E-state index in [0.29, 0.717) is 24.2 Å². The van der Waals surface area contributed by atoms with Crippen molar-refractivity contribution in [3.05, 3.63) is 78.1 Å². The van der Waals surface area contributed by atoms with Crippen molar-refractivity contribution in [3.63, 3.8) is 0 Å². The van der Waals surface area contributed by atoms with Gasteiger partial charge in [-0.25, -0.2) is 13.4 Å². The Labute approximate surface area is 211 Å². The number of alkyl halides is 3. The fourth-order valence-corrected chi connectivity index (χ4v) is 5.93. The molecule has 2 N–H and O–H groups in total. The maximum absolute atomic E-state index is 13.2. The second kappa shape index (κ2) is 9.53. The van der Waals surface area contributed by atoms with Crippen molar-refractivity contribution in [2.75, 3.05) is 18.4 Å². The van der Waals surface area contributed by atoms with Crippen LogP contribution in [0.2, 0.25) is 0 Å². The van der Waals surface area contributed by atoms with E-state index >= 15 is 0 Å². The third kappa shape index (κ3) is 5.03. The van der Waals surface area contributed by atoms with E-state index in [2.05, 4.69) is 21.4 Å². The number of piperidine rings is 1. The highest BCUT2D eigenvalue weighted by atomic mass is 32.2. The number of halogens is 3. The number of nitriles is 1. The number of pyridine rings is 1. The topological polar surface area (TPSA) is 102 Å². The zero-order chi connectivity index (χ0) is 26.2. The second-order valence-corrected chi connectivity index (χ2v) is 10.8. The van der Waals surface area contributed by atoms with Crippen LogP contribution in [0.3, 0.4) is 0 Å². The Morgan fingerprint density at radius 2 is 1.73 bits per heavy atom. The third-order valence-corrected chi connectivity index (χ3v) is 8.44. The summed E-state index contributed by atoms with van der Waals surface area (Å²) in [5.74, 6) is 0.324. The molecule has 3 heterocycles. The molecule has 0 atom stereocenters. The molecule has 1 saturated heterocycles. The van der Waals surface area contributed by atoms with E-state index < -0.39 is 21.8 Å². The van der Waals surface area contributed by atoms with Crippen molar-refractivity contribution in [1.29, 1.82) is 5.26 Å². The average Bonchev–Trinajstić information content (AvgIpc) is 3.31. The molecule has 0 amide bonds. The van der Waals surface area contributed by atoms with E-state index in [4.69, 9.17) is 0 Å². The SMILES string of the molecule is N#Cc1c[nH]c2ccc(-c3ccc(S(=O)(=O)N4CCC(Nc5ccc(C(F)(F)F)cn5)CC4)cc3)cc12. The Hall–Kier alpha value is -3.88. The van der Waals surface area contributed by atoms with Crippen molar-refractivity contribution < 1.29 is 21.6 Å². The number of nitrogens with one attached hydrogen (secondary N) is 2. The van der Waals surface area contributed by atoms with Crippen molar-refractivity contribution in [2.24, 2.45) is 0 Å². The first-order valence-electron chi connectivity index (χ1n) is 11.6. The van der Waals surface area contributed by atoms with Crippen molar-refractivity contribution in [2.45, 2.75) is 30.0 Å². The lowest BCUT2D eigenvalue weighted by atomic mass is 10.0. The van der Waals surface area contributed by atoms with Gasteiger partial charge in [0.25, 0.3) is 0 Å². The molecule has 1 aliphatic heterocycles. The smallest absolute Gasteiger partial charge is 0.367 e. The van der Waals surface area contributed by atoms with Gasteiger partial charge in [-0.3, -0.25) is 0 Å². The molecule has 2 aromatic heterocycles. The Kier molecular flexibility index (Phi) is 6.39. The molecule has 5 rings (SSSR count). The first-order chi connectivity index (χ1) is 17.6. The predicted octanol–water partition coefficient (Wildman–Crippen LogP) is 5.39. The van der Waals surface area contributed by atoms with Gasteiger partial charge >= 0.3 is 6.18 Å². The van der Waals surface area contributed by atoms with Crippen LogP contribution in [0.5, 0.6) is 0 Å². The van der Waals surface area contributed by atoms with Gasteiger partial charge in [0.1, 0.15) is 11.9 Å². The lowest BCUT2D eigenvalue weighted by Crippen LogP contribution is -2.42. The highest BCUT2D eigenvalue weighted by Gasteiger charge is 2.32. The maximum Gasteiger partial charge on any atom is 0.417 e.